The smallest absolute Gasteiger partial charge is 0.327 e. The number of carbonyl (C=O) groups excluding carboxylic acids is 12. The molecule has 1 rings (SSSR count). The number of nitrogens with two attached hydrogens (primary N) is 1. The van der Waals surface area contributed by atoms with Crippen LogP contribution in [0.25, 0.3) is 0 Å². The molecule has 14 atom stereocenters. The van der Waals surface area contributed by atoms with Gasteiger partial charge < -0.3 is 84.4 Å². The van der Waals surface area contributed by atoms with E-state index in [1.165, 1.54) is 23.6 Å². The molecule has 16 N–H and O–H groups in total. The molecule has 1 aliphatic rings. The Balaban J connectivity index is 3.15. The van der Waals surface area contributed by atoms with Crippen LogP contribution in [0.5, 0.6) is 0 Å². The second kappa shape index (κ2) is 41.1. The van der Waals surface area contributed by atoms with Gasteiger partial charge in [-0.05, 0) is 80.6 Å². The average Bonchev–Trinajstić information content (AvgIpc) is 2.28. The Bertz CT molecular complexity index is 2480. The maximum absolute atomic E-state index is 14.1. The first-order valence-electron chi connectivity index (χ1n) is 30.2. The standard InChI is InChI=1S/C57H99N13O17S3/c1-13-30(9)44(54(83)68-43(29(7)8)52(81)64-37(25-88)56(85)70-18-15-16-39(70)51(80)69-45(31(10)14-2)53(82)65-38(26-89)57(86)87)66-40(72)23-60-49(78)35(20-27(3)4)63-55(84)46(32(11)71)67-41(73)24-59-48(77)34(17-19-90-12)61-50(79)36(21-28(5)6)62-47(76)33(58)22-42(74)75/h27-39,43-46,71,88-89H,13-26,58H2,1-12H3,(H,59,77)(H,60,78)(H,61,79)(H,62,76)(H,63,84)(H,64,81)(H,65,82)(H,66,72)(H,67,73)(H,68,83)(H,69,80)(H,74,75)(H,86,87)/t30-,31-,32+,33-,34-,35-,36-,37-,38-,39-,43-,44-,45-,46-/m0/s1. The van der Waals surface area contributed by atoms with Crippen LogP contribution < -0.4 is 64.2 Å². The van der Waals surface area contributed by atoms with Crippen molar-refractivity contribution < 1.29 is 82.4 Å². The summed E-state index contributed by atoms with van der Waals surface area (Å²) in [6, 6.07) is -14.2. The van der Waals surface area contributed by atoms with Crippen molar-refractivity contribution >= 4 is 120 Å². The minimum atomic E-state index is -1.68. The molecule has 0 saturated carbocycles. The number of carboxylic acid groups (broad SMARTS) is 2. The SMILES string of the molecule is CC[C@H](C)[C@H](NC(=O)CNC(=O)[C@H](CC(C)C)NC(=O)[C@@H](NC(=O)CNC(=O)[C@H](CCSC)NC(=O)[C@H](CC(C)C)NC(=O)[C@@H](N)CC(=O)O)[C@@H](C)O)C(=O)N[C@H](C(=O)N[C@@H](CS)C(=O)N1CCC[C@H]1C(=O)N[C@H](C(=O)N[C@@H](CS)C(=O)O)[C@@H](C)CC)C(C)C. The van der Waals surface area contributed by atoms with E-state index in [4.69, 9.17) is 10.8 Å². The zero-order valence-corrected chi connectivity index (χ0v) is 56.2. The minimum Gasteiger partial charge on any atom is -0.481 e. The van der Waals surface area contributed by atoms with E-state index in [0.717, 1.165) is 0 Å². The van der Waals surface area contributed by atoms with Crippen LogP contribution >= 0.6 is 37.0 Å². The summed E-state index contributed by atoms with van der Waals surface area (Å²) in [6.07, 6.45) is 1.12. The zero-order chi connectivity index (χ0) is 68.9. The van der Waals surface area contributed by atoms with Gasteiger partial charge in [0.2, 0.25) is 70.9 Å². The van der Waals surface area contributed by atoms with Crippen LogP contribution in [0, 0.1) is 29.6 Å². The summed E-state index contributed by atoms with van der Waals surface area (Å²) < 4.78 is 0. The summed E-state index contributed by atoms with van der Waals surface area (Å²) in [7, 11) is 0. The summed E-state index contributed by atoms with van der Waals surface area (Å²) >= 11 is 9.67. The largest absolute Gasteiger partial charge is 0.481 e. The average molecular weight is 1330 g/mol. The molecule has 0 unspecified atom stereocenters. The van der Waals surface area contributed by atoms with E-state index in [0.29, 0.717) is 25.0 Å². The molecule has 0 aromatic carbocycles. The van der Waals surface area contributed by atoms with Crippen molar-refractivity contribution in [2.24, 2.45) is 35.3 Å². The van der Waals surface area contributed by atoms with E-state index in [1.54, 1.807) is 75.5 Å². The lowest BCUT2D eigenvalue weighted by Gasteiger charge is -2.32. The Labute approximate surface area is 541 Å². The number of thioether (sulfide) groups is 1. The zero-order valence-electron chi connectivity index (χ0n) is 53.6. The molecule has 0 bridgehead atoms. The van der Waals surface area contributed by atoms with E-state index >= 15 is 0 Å². The Hall–Kier alpha value is -6.45. The topological polar surface area (TPSA) is 461 Å². The van der Waals surface area contributed by atoms with Crippen LogP contribution in [0.1, 0.15) is 128 Å². The fraction of sp³-hybridized carbons (Fsp3) is 0.754. The van der Waals surface area contributed by atoms with Crippen molar-refractivity contribution in [1.82, 2.24) is 63.4 Å². The van der Waals surface area contributed by atoms with E-state index in [-0.39, 0.29) is 55.6 Å². The van der Waals surface area contributed by atoms with Gasteiger partial charge in [-0.25, -0.2) is 4.79 Å². The second-order valence-electron chi connectivity index (χ2n) is 23.7. The Kier molecular flexibility index (Phi) is 37.3. The summed E-state index contributed by atoms with van der Waals surface area (Å²) in [5.74, 6) is -14.4. The van der Waals surface area contributed by atoms with Gasteiger partial charge in [0.1, 0.15) is 60.4 Å². The summed E-state index contributed by atoms with van der Waals surface area (Å²) in [5.41, 5.74) is 5.70. The number of aliphatic carboxylic acids is 2. The predicted octanol–water partition coefficient (Wildman–Crippen LogP) is -2.71. The molecule has 1 aliphatic heterocycles. The third-order valence-electron chi connectivity index (χ3n) is 14.9. The fourth-order valence-electron chi connectivity index (χ4n) is 9.27. The van der Waals surface area contributed by atoms with Crippen molar-refractivity contribution in [1.29, 1.82) is 0 Å². The molecular weight excluding hydrogens is 1230 g/mol. The van der Waals surface area contributed by atoms with Crippen LogP contribution in [0.15, 0.2) is 0 Å². The summed E-state index contributed by atoms with van der Waals surface area (Å²) in [6.45, 7) is 17.1. The molecule has 512 valence electrons. The molecule has 0 aromatic rings. The van der Waals surface area contributed by atoms with Crippen LogP contribution in [0.4, 0.5) is 0 Å². The van der Waals surface area contributed by atoms with Gasteiger partial charge in [0, 0.05) is 18.1 Å². The quantitative estimate of drug-likeness (QED) is 0.0277. The van der Waals surface area contributed by atoms with Crippen LogP contribution in [-0.4, -0.2) is 219 Å². The number of carboxylic acids is 2. The van der Waals surface area contributed by atoms with Gasteiger partial charge in [0.25, 0.3) is 0 Å². The molecule has 12 amide bonds. The van der Waals surface area contributed by atoms with Gasteiger partial charge in [-0.3, -0.25) is 62.3 Å². The molecule has 90 heavy (non-hydrogen) atoms. The summed E-state index contributed by atoms with van der Waals surface area (Å²) in [4.78, 5) is 187. The monoisotopic (exact) mass is 1330 g/mol. The highest BCUT2D eigenvalue weighted by molar-refractivity contribution is 7.98. The Morgan fingerprint density at radius 3 is 1.44 bits per heavy atom. The number of aliphatic hydroxyl groups is 1. The molecule has 0 radical (unpaired) electrons. The first-order chi connectivity index (χ1) is 42.1. The van der Waals surface area contributed by atoms with Gasteiger partial charge in [-0.2, -0.15) is 37.0 Å². The summed E-state index contributed by atoms with van der Waals surface area (Å²) in [5, 5.41) is 56.9. The number of nitrogens with one attached hydrogen (secondary N) is 11. The molecule has 0 aromatic heterocycles. The number of aliphatic hydroxyl groups excluding tert-OH is 1. The molecule has 0 aliphatic carbocycles. The molecule has 1 heterocycles. The van der Waals surface area contributed by atoms with E-state index in [1.807, 2.05) is 0 Å². The maximum atomic E-state index is 14.1. The number of hydrogen-bond acceptors (Lipinski definition) is 19. The molecule has 30 nitrogen and oxygen atoms in total. The highest BCUT2D eigenvalue weighted by Crippen LogP contribution is 2.21. The highest BCUT2D eigenvalue weighted by atomic mass is 32.2. The molecule has 1 saturated heterocycles. The Morgan fingerprint density at radius 1 is 0.544 bits per heavy atom. The Morgan fingerprint density at radius 2 is 0.978 bits per heavy atom. The van der Waals surface area contributed by atoms with E-state index < -0.39 is 193 Å². The van der Waals surface area contributed by atoms with Crippen molar-refractivity contribution in [3.05, 3.63) is 0 Å². The van der Waals surface area contributed by atoms with Gasteiger partial charge in [-0.1, -0.05) is 82.1 Å². The van der Waals surface area contributed by atoms with Crippen molar-refractivity contribution in [3.8, 4) is 0 Å². The number of rotatable bonds is 41. The van der Waals surface area contributed by atoms with Gasteiger partial charge in [0.05, 0.1) is 31.7 Å². The molecule has 0 spiro atoms. The number of likely N-dealkylation sites (tertiary alicyclic amines) is 1. The van der Waals surface area contributed by atoms with Crippen molar-refractivity contribution in [2.75, 3.05) is 43.1 Å². The molecule has 1 fully saturated rings. The number of hydrogen-bond donors (Lipinski definition) is 17. The van der Waals surface area contributed by atoms with Crippen LogP contribution in [-0.2, 0) is 67.1 Å². The highest BCUT2D eigenvalue weighted by Gasteiger charge is 2.41. The maximum Gasteiger partial charge on any atom is 0.327 e. The second-order valence-corrected chi connectivity index (χ2v) is 25.4. The first kappa shape index (κ1) is 81.6. The van der Waals surface area contributed by atoms with E-state index in [9.17, 15) is 77.3 Å². The van der Waals surface area contributed by atoms with Crippen molar-refractivity contribution in [2.45, 2.75) is 200 Å². The molecule has 33 heteroatoms. The van der Waals surface area contributed by atoms with Crippen LogP contribution in [0.3, 0.4) is 0 Å². The lowest BCUT2D eigenvalue weighted by Crippen LogP contribution is -2.61. The fourth-order valence-corrected chi connectivity index (χ4v) is 10.2. The number of thiol groups is 2. The van der Waals surface area contributed by atoms with Gasteiger partial charge >= 0.3 is 11.9 Å². The van der Waals surface area contributed by atoms with E-state index in [2.05, 4.69) is 83.7 Å². The van der Waals surface area contributed by atoms with Gasteiger partial charge in [0.15, 0.2) is 0 Å². The third-order valence-corrected chi connectivity index (χ3v) is 16.2. The first-order valence-corrected chi connectivity index (χ1v) is 32.9. The third kappa shape index (κ3) is 28.0. The normalized spacial score (nSPS) is 17.4. The predicted molar refractivity (Wildman–Crippen MR) is 341 cm³/mol. The van der Waals surface area contributed by atoms with Crippen LogP contribution in [0.2, 0.25) is 0 Å². The minimum absolute atomic E-state index is 0.00784. The number of amides is 12. The van der Waals surface area contributed by atoms with Crippen molar-refractivity contribution in [3.63, 3.8) is 0 Å². The lowest BCUT2D eigenvalue weighted by molar-refractivity contribution is -0.143. The molecular formula is C57H99N13O17S3. The lowest BCUT2D eigenvalue weighted by atomic mass is 9.96. The number of carbonyl (C=O) groups is 14. The number of nitrogens with zero attached hydrogens (tertiary/aromatic N) is 1. The van der Waals surface area contributed by atoms with Gasteiger partial charge in [-0.15, -0.1) is 0 Å².